The highest BCUT2D eigenvalue weighted by atomic mass is 32.2. The van der Waals surface area contributed by atoms with Crippen molar-refractivity contribution >= 4 is 27.6 Å². The molecule has 1 fully saturated rings. The van der Waals surface area contributed by atoms with Crippen molar-refractivity contribution in [3.05, 3.63) is 65.1 Å². The van der Waals surface area contributed by atoms with E-state index in [-0.39, 0.29) is 29.5 Å². The van der Waals surface area contributed by atoms with Crippen LogP contribution in [-0.2, 0) is 17.1 Å². The summed E-state index contributed by atoms with van der Waals surface area (Å²) in [4.78, 5) is 3.58. The molecule has 2 heterocycles. The molecule has 2 aromatic carbocycles. The summed E-state index contributed by atoms with van der Waals surface area (Å²) in [5.41, 5.74) is 4.05. The lowest BCUT2D eigenvalue weighted by atomic mass is 9.93. The molecule has 36 heavy (non-hydrogen) atoms. The second kappa shape index (κ2) is 10.5. The third-order valence-electron chi connectivity index (χ3n) is 6.80. The normalized spacial score (nSPS) is 18.2. The lowest BCUT2D eigenvalue weighted by Gasteiger charge is -2.44. The van der Waals surface area contributed by atoms with Crippen molar-refractivity contribution < 1.29 is 12.8 Å². The Labute approximate surface area is 211 Å². The average molecular weight is 514 g/mol. The monoisotopic (exact) mass is 513 g/mol. The molecular weight excluding hydrogens is 481 g/mol. The van der Waals surface area contributed by atoms with Gasteiger partial charge in [0.05, 0.1) is 6.20 Å². The van der Waals surface area contributed by atoms with Gasteiger partial charge in [-0.25, -0.2) is 12.8 Å². The molecule has 2 N–H and O–H groups in total. The Hall–Kier alpha value is -3.15. The van der Waals surface area contributed by atoms with E-state index >= 15 is 0 Å². The van der Waals surface area contributed by atoms with Crippen LogP contribution < -0.4 is 5.32 Å². The molecule has 192 valence electrons. The zero-order chi connectivity index (χ0) is 26.0. The predicted octanol–water partition coefficient (Wildman–Crippen LogP) is 3.85. The number of nitrogens with zero attached hydrogens (tertiary/aromatic N) is 5. The number of rotatable bonds is 8. The molecule has 11 heteroatoms. The second-order valence-electron chi connectivity index (χ2n) is 9.12. The quantitative estimate of drug-likeness (QED) is 0.443. The first-order valence-electron chi connectivity index (χ1n) is 11.9. The zero-order valence-electron chi connectivity index (χ0n) is 20.9. The van der Waals surface area contributed by atoms with Crippen LogP contribution in [0, 0.1) is 18.2 Å². The van der Waals surface area contributed by atoms with E-state index in [0.29, 0.717) is 24.3 Å². The molecule has 9 nitrogen and oxygen atoms in total. The van der Waals surface area contributed by atoms with E-state index in [0.717, 1.165) is 23.2 Å². The first kappa shape index (κ1) is 25.9. The Balaban J connectivity index is 1.70. The molecular formula is C25H32FN7O2S. The van der Waals surface area contributed by atoms with Crippen molar-refractivity contribution in [1.29, 1.82) is 5.41 Å². The summed E-state index contributed by atoms with van der Waals surface area (Å²) in [6.45, 7) is 7.47. The number of sulfonamides is 1. The lowest BCUT2D eigenvalue weighted by Crippen LogP contribution is -2.53. The molecule has 0 bridgehead atoms. The molecule has 0 amide bonds. The van der Waals surface area contributed by atoms with Crippen molar-refractivity contribution in [3.63, 3.8) is 0 Å². The minimum absolute atomic E-state index is 0.0588. The van der Waals surface area contributed by atoms with E-state index in [4.69, 9.17) is 5.41 Å². The molecule has 4 rings (SSSR count). The number of benzene rings is 2. The molecule has 0 radical (unpaired) electrons. The number of nitrogens with one attached hydrogen (secondary N) is 2. The first-order chi connectivity index (χ1) is 17.1. The Morgan fingerprint density at radius 2 is 1.97 bits per heavy atom. The van der Waals surface area contributed by atoms with Gasteiger partial charge in [-0.1, -0.05) is 6.92 Å². The minimum atomic E-state index is -3.79. The second-order valence-corrected chi connectivity index (χ2v) is 11.0. The van der Waals surface area contributed by atoms with Gasteiger partial charge in [-0.2, -0.15) is 14.2 Å². The van der Waals surface area contributed by atoms with Crippen molar-refractivity contribution in [2.24, 2.45) is 7.05 Å². The van der Waals surface area contributed by atoms with Gasteiger partial charge in [0.25, 0.3) is 10.0 Å². The van der Waals surface area contributed by atoms with Gasteiger partial charge in [-0.15, -0.1) is 5.10 Å². The summed E-state index contributed by atoms with van der Waals surface area (Å²) in [6.07, 6.45) is 3.48. The van der Waals surface area contributed by atoms with Crippen LogP contribution in [0.1, 0.15) is 43.0 Å². The Kier molecular flexibility index (Phi) is 7.53. The maximum Gasteiger partial charge on any atom is 0.264 e. The van der Waals surface area contributed by atoms with Crippen molar-refractivity contribution in [2.45, 2.75) is 44.3 Å². The van der Waals surface area contributed by atoms with Crippen molar-refractivity contribution in [3.8, 4) is 0 Å². The van der Waals surface area contributed by atoms with Gasteiger partial charge in [0.15, 0.2) is 0 Å². The summed E-state index contributed by atoms with van der Waals surface area (Å²) in [7, 11) is -2.20. The maximum atomic E-state index is 13.3. The lowest BCUT2D eigenvalue weighted by molar-refractivity contribution is 0.0778. The summed E-state index contributed by atoms with van der Waals surface area (Å²) >= 11 is 0. The summed E-state index contributed by atoms with van der Waals surface area (Å²) in [6, 6.07) is 10.0. The summed E-state index contributed by atoms with van der Waals surface area (Å²) < 4.78 is 41.5. The highest BCUT2D eigenvalue weighted by Gasteiger charge is 2.38. The maximum absolute atomic E-state index is 13.3. The highest BCUT2D eigenvalue weighted by molar-refractivity contribution is 7.89. The largest absolute Gasteiger partial charge is 0.355 e. The first-order valence-corrected chi connectivity index (χ1v) is 13.4. The fraction of sp³-hybridized carbons (Fsp3) is 0.400. The minimum Gasteiger partial charge on any atom is -0.355 e. The SMILES string of the molecule is CC[C@H](C)N1CCN(S(=O)(=O)c2cnn(C)n2)C[C@@H]1c1cc(C=N)c(Nc2ccc(F)cc2)cc1C. The third kappa shape index (κ3) is 5.18. The van der Waals surface area contributed by atoms with E-state index in [2.05, 4.69) is 34.3 Å². The number of hydrogen-bond donors (Lipinski definition) is 2. The van der Waals surface area contributed by atoms with Gasteiger partial charge in [0.1, 0.15) is 5.82 Å². The van der Waals surface area contributed by atoms with Gasteiger partial charge in [0, 0.05) is 61.9 Å². The summed E-state index contributed by atoms with van der Waals surface area (Å²) in [5, 5.41) is 19.2. The van der Waals surface area contributed by atoms with Gasteiger partial charge in [0.2, 0.25) is 5.03 Å². The Morgan fingerprint density at radius 3 is 2.58 bits per heavy atom. The molecule has 0 aliphatic carbocycles. The van der Waals surface area contributed by atoms with E-state index in [9.17, 15) is 12.8 Å². The molecule has 2 atom stereocenters. The number of halogens is 1. The molecule has 1 aromatic heterocycles. The molecule has 0 saturated carbocycles. The van der Waals surface area contributed by atoms with Crippen LogP contribution in [0.3, 0.4) is 0 Å². The topological polar surface area (TPSA) is 107 Å². The van der Waals surface area contributed by atoms with Crippen molar-refractivity contribution in [2.75, 3.05) is 25.0 Å². The van der Waals surface area contributed by atoms with Crippen LogP contribution in [0.4, 0.5) is 15.8 Å². The number of aromatic nitrogens is 3. The molecule has 1 aliphatic rings. The zero-order valence-corrected chi connectivity index (χ0v) is 21.8. The number of aryl methyl sites for hydroxylation is 2. The average Bonchev–Trinajstić information content (AvgIpc) is 3.32. The van der Waals surface area contributed by atoms with Crippen LogP contribution in [0.5, 0.6) is 0 Å². The standard InChI is InChI=1S/C25H32FN7O2S/c1-5-18(3)33-11-10-32(36(34,35)25-15-28-31(4)30-25)16-24(33)22-13-19(14-27)23(12-17(22)2)29-21-8-6-20(26)7-9-21/h6-9,12-15,18,24,27,29H,5,10-11,16H2,1-4H3/t18-,24+/m0/s1. The van der Waals surface area contributed by atoms with E-state index < -0.39 is 10.0 Å². The van der Waals surface area contributed by atoms with Gasteiger partial charge in [-0.05, 0) is 67.8 Å². The number of anilines is 2. The van der Waals surface area contributed by atoms with Crippen LogP contribution in [0.15, 0.2) is 47.6 Å². The van der Waals surface area contributed by atoms with E-state index in [1.165, 1.54) is 33.6 Å². The van der Waals surface area contributed by atoms with Gasteiger partial charge >= 0.3 is 0 Å². The van der Waals surface area contributed by atoms with Crippen LogP contribution in [-0.4, -0.2) is 64.5 Å². The van der Waals surface area contributed by atoms with Crippen LogP contribution >= 0.6 is 0 Å². The molecule has 0 spiro atoms. The fourth-order valence-electron chi connectivity index (χ4n) is 4.62. The van der Waals surface area contributed by atoms with Gasteiger partial charge in [-0.3, -0.25) is 4.90 Å². The van der Waals surface area contributed by atoms with Gasteiger partial charge < -0.3 is 10.7 Å². The van der Waals surface area contributed by atoms with E-state index in [1.807, 2.05) is 19.1 Å². The predicted molar refractivity (Wildman–Crippen MR) is 138 cm³/mol. The fourth-order valence-corrected chi connectivity index (χ4v) is 5.95. The molecule has 3 aromatic rings. The van der Waals surface area contributed by atoms with Crippen LogP contribution in [0.2, 0.25) is 0 Å². The molecule has 1 saturated heterocycles. The molecule has 0 unspecified atom stereocenters. The smallest absolute Gasteiger partial charge is 0.264 e. The summed E-state index contributed by atoms with van der Waals surface area (Å²) in [5.74, 6) is -0.317. The van der Waals surface area contributed by atoms with E-state index in [1.54, 1.807) is 19.2 Å². The third-order valence-corrected chi connectivity index (χ3v) is 8.53. The number of piperazine rings is 1. The molecule has 1 aliphatic heterocycles. The Bertz CT molecular complexity index is 1340. The van der Waals surface area contributed by atoms with Crippen molar-refractivity contribution in [1.82, 2.24) is 24.2 Å². The highest BCUT2D eigenvalue weighted by Crippen LogP contribution is 2.35. The van der Waals surface area contributed by atoms with Crippen LogP contribution in [0.25, 0.3) is 0 Å². The number of hydrogen-bond acceptors (Lipinski definition) is 7. The Morgan fingerprint density at radius 1 is 1.25 bits per heavy atom.